The van der Waals surface area contributed by atoms with Gasteiger partial charge in [0.2, 0.25) is 0 Å². The minimum atomic E-state index is -0.781. The first-order chi connectivity index (χ1) is 9.52. The molecule has 0 radical (unpaired) electrons. The molecule has 1 N–H and O–H groups in total. The molecular weight excluding hydrogens is 263 g/mol. The summed E-state index contributed by atoms with van der Waals surface area (Å²) in [5.41, 5.74) is 0.302. The van der Waals surface area contributed by atoms with E-state index in [1.54, 1.807) is 0 Å². The van der Waals surface area contributed by atoms with Crippen LogP contribution in [0.25, 0.3) is 6.08 Å². The van der Waals surface area contributed by atoms with E-state index >= 15 is 0 Å². The minimum absolute atomic E-state index is 0.00129. The standard InChI is InChI=1S/C14H11FN2O3/c1-2-7-17-13(19)11(12(18)16-14(17)20)8-9-3-5-10(15)6-4-9/h2-6,8H,1,7H2,(H,16,18,20)/b11-8-. The monoisotopic (exact) mass is 274 g/mol. The zero-order valence-corrected chi connectivity index (χ0v) is 10.4. The molecule has 1 fully saturated rings. The fourth-order valence-electron chi connectivity index (χ4n) is 1.71. The van der Waals surface area contributed by atoms with Gasteiger partial charge < -0.3 is 0 Å². The van der Waals surface area contributed by atoms with E-state index in [1.807, 2.05) is 0 Å². The second-order valence-corrected chi connectivity index (χ2v) is 4.07. The second kappa shape index (κ2) is 5.48. The molecule has 0 aliphatic carbocycles. The van der Waals surface area contributed by atoms with Crippen LogP contribution in [0, 0.1) is 5.82 Å². The van der Waals surface area contributed by atoms with Gasteiger partial charge in [0.15, 0.2) is 0 Å². The molecule has 4 amide bonds. The van der Waals surface area contributed by atoms with Crippen molar-refractivity contribution >= 4 is 23.9 Å². The Kier molecular flexibility index (Phi) is 3.74. The number of imide groups is 2. The van der Waals surface area contributed by atoms with Crippen molar-refractivity contribution in [2.75, 3.05) is 6.54 Å². The molecule has 0 unspecified atom stereocenters. The molecule has 1 saturated heterocycles. The van der Waals surface area contributed by atoms with Crippen molar-refractivity contribution in [2.24, 2.45) is 0 Å². The van der Waals surface area contributed by atoms with Crippen LogP contribution in [0.3, 0.4) is 0 Å². The number of carbonyl (C=O) groups excluding carboxylic acids is 3. The smallest absolute Gasteiger partial charge is 0.273 e. The highest BCUT2D eigenvalue weighted by Gasteiger charge is 2.34. The predicted octanol–water partition coefficient (Wildman–Crippen LogP) is 1.47. The molecule has 0 atom stereocenters. The van der Waals surface area contributed by atoms with Crippen LogP contribution in [0.5, 0.6) is 0 Å². The lowest BCUT2D eigenvalue weighted by Crippen LogP contribution is -2.54. The van der Waals surface area contributed by atoms with Crippen molar-refractivity contribution in [3.8, 4) is 0 Å². The van der Waals surface area contributed by atoms with Crippen LogP contribution in [0.4, 0.5) is 9.18 Å². The number of benzene rings is 1. The highest BCUT2D eigenvalue weighted by molar-refractivity contribution is 6.31. The SMILES string of the molecule is C=CCN1C(=O)NC(=O)/C(=C/c2ccc(F)cc2)C1=O. The number of barbiturate groups is 1. The summed E-state index contributed by atoms with van der Waals surface area (Å²) in [6.45, 7) is 3.44. The van der Waals surface area contributed by atoms with Gasteiger partial charge in [0.25, 0.3) is 11.8 Å². The first-order valence-electron chi connectivity index (χ1n) is 5.78. The highest BCUT2D eigenvalue weighted by atomic mass is 19.1. The number of halogens is 1. The van der Waals surface area contributed by atoms with E-state index in [9.17, 15) is 18.8 Å². The zero-order valence-electron chi connectivity index (χ0n) is 10.4. The Morgan fingerprint density at radius 2 is 1.85 bits per heavy atom. The number of amides is 4. The topological polar surface area (TPSA) is 66.5 Å². The molecule has 0 saturated carbocycles. The summed E-state index contributed by atoms with van der Waals surface area (Å²) in [4.78, 5) is 36.1. The van der Waals surface area contributed by atoms with Gasteiger partial charge in [-0.3, -0.25) is 19.8 Å². The van der Waals surface area contributed by atoms with Gasteiger partial charge >= 0.3 is 6.03 Å². The fourth-order valence-corrected chi connectivity index (χ4v) is 1.71. The Morgan fingerprint density at radius 3 is 2.45 bits per heavy atom. The predicted molar refractivity (Wildman–Crippen MR) is 69.8 cm³/mol. The van der Waals surface area contributed by atoms with Crippen LogP contribution in [-0.4, -0.2) is 29.3 Å². The van der Waals surface area contributed by atoms with Crippen molar-refractivity contribution in [2.45, 2.75) is 0 Å². The molecule has 1 aromatic rings. The van der Waals surface area contributed by atoms with Gasteiger partial charge in [-0.1, -0.05) is 18.2 Å². The number of urea groups is 1. The third-order valence-electron chi connectivity index (χ3n) is 2.68. The van der Waals surface area contributed by atoms with Crippen LogP contribution < -0.4 is 5.32 Å². The second-order valence-electron chi connectivity index (χ2n) is 4.07. The summed E-state index contributed by atoms with van der Waals surface area (Å²) < 4.78 is 12.8. The molecule has 102 valence electrons. The van der Waals surface area contributed by atoms with Crippen molar-refractivity contribution in [1.29, 1.82) is 0 Å². The molecule has 1 aromatic carbocycles. The number of carbonyl (C=O) groups is 3. The van der Waals surface area contributed by atoms with Gasteiger partial charge in [0.1, 0.15) is 11.4 Å². The molecule has 1 aliphatic rings. The van der Waals surface area contributed by atoms with E-state index in [0.29, 0.717) is 5.56 Å². The summed E-state index contributed by atoms with van der Waals surface area (Å²) >= 11 is 0. The van der Waals surface area contributed by atoms with Gasteiger partial charge in [-0.2, -0.15) is 0 Å². The third-order valence-corrected chi connectivity index (χ3v) is 2.68. The van der Waals surface area contributed by atoms with Gasteiger partial charge in [0.05, 0.1) is 0 Å². The lowest BCUT2D eigenvalue weighted by Gasteiger charge is -2.25. The van der Waals surface area contributed by atoms with E-state index in [-0.39, 0.29) is 12.1 Å². The maximum atomic E-state index is 12.8. The number of hydrogen-bond acceptors (Lipinski definition) is 3. The molecular formula is C14H11FN2O3. The average Bonchev–Trinajstić information content (AvgIpc) is 2.41. The zero-order chi connectivity index (χ0) is 14.7. The van der Waals surface area contributed by atoms with Crippen LogP contribution in [0.2, 0.25) is 0 Å². The molecule has 1 aliphatic heterocycles. The van der Waals surface area contributed by atoms with Crippen LogP contribution in [0.15, 0.2) is 42.5 Å². The van der Waals surface area contributed by atoms with Gasteiger partial charge in [0, 0.05) is 6.54 Å². The molecule has 0 aromatic heterocycles. The molecule has 0 spiro atoms. The molecule has 2 rings (SSSR count). The quantitative estimate of drug-likeness (QED) is 0.515. The Morgan fingerprint density at radius 1 is 1.20 bits per heavy atom. The van der Waals surface area contributed by atoms with Gasteiger partial charge in [-0.05, 0) is 23.8 Å². The van der Waals surface area contributed by atoms with E-state index in [1.165, 1.54) is 36.4 Å². The van der Waals surface area contributed by atoms with Gasteiger partial charge in [-0.25, -0.2) is 9.18 Å². The van der Waals surface area contributed by atoms with Gasteiger partial charge in [-0.15, -0.1) is 6.58 Å². The van der Waals surface area contributed by atoms with E-state index in [2.05, 4.69) is 11.9 Å². The summed E-state index contributed by atoms with van der Waals surface area (Å²) in [5, 5.41) is 2.06. The lowest BCUT2D eigenvalue weighted by molar-refractivity contribution is -0.129. The Hall–Kier alpha value is -2.76. The normalized spacial score (nSPS) is 17.4. The third kappa shape index (κ3) is 2.64. The molecule has 6 heteroatoms. The largest absolute Gasteiger partial charge is 0.331 e. The van der Waals surface area contributed by atoms with E-state index in [4.69, 9.17) is 0 Å². The summed E-state index contributed by atoms with van der Waals surface area (Å²) in [6, 6.07) is 4.50. The Balaban J connectivity index is 2.36. The van der Waals surface area contributed by atoms with Crippen molar-refractivity contribution < 1.29 is 18.8 Å². The average molecular weight is 274 g/mol. The Labute approximate surface area is 114 Å². The van der Waals surface area contributed by atoms with E-state index < -0.39 is 23.7 Å². The van der Waals surface area contributed by atoms with Crippen LogP contribution >= 0.6 is 0 Å². The number of hydrogen-bond donors (Lipinski definition) is 1. The fraction of sp³-hybridized carbons (Fsp3) is 0.0714. The molecule has 5 nitrogen and oxygen atoms in total. The maximum absolute atomic E-state index is 12.8. The number of rotatable bonds is 3. The molecule has 0 bridgehead atoms. The Bertz CT molecular complexity index is 620. The summed E-state index contributed by atoms with van der Waals surface area (Å²) in [5.74, 6) is -1.90. The first-order valence-corrected chi connectivity index (χ1v) is 5.78. The van der Waals surface area contributed by atoms with Crippen molar-refractivity contribution in [3.05, 3.63) is 53.9 Å². The van der Waals surface area contributed by atoms with Crippen LogP contribution in [-0.2, 0) is 9.59 Å². The summed E-state index contributed by atoms with van der Waals surface area (Å²) in [6.07, 6.45) is 2.68. The first kappa shape index (κ1) is 13.7. The van der Waals surface area contributed by atoms with Crippen molar-refractivity contribution in [1.82, 2.24) is 10.2 Å². The molecule has 20 heavy (non-hydrogen) atoms. The highest BCUT2D eigenvalue weighted by Crippen LogP contribution is 2.14. The van der Waals surface area contributed by atoms with E-state index in [0.717, 1.165) is 4.90 Å². The van der Waals surface area contributed by atoms with Crippen LogP contribution in [0.1, 0.15) is 5.56 Å². The maximum Gasteiger partial charge on any atom is 0.331 e. The number of nitrogens with zero attached hydrogens (tertiary/aromatic N) is 1. The molecule has 1 heterocycles. The van der Waals surface area contributed by atoms with Crippen molar-refractivity contribution in [3.63, 3.8) is 0 Å². The minimum Gasteiger partial charge on any atom is -0.273 e. The lowest BCUT2D eigenvalue weighted by atomic mass is 10.1. The number of nitrogens with one attached hydrogen (secondary N) is 1. The summed E-state index contributed by atoms with van der Waals surface area (Å²) in [7, 11) is 0.